The summed E-state index contributed by atoms with van der Waals surface area (Å²) in [7, 11) is 0. The minimum atomic E-state index is -0.606. The van der Waals surface area contributed by atoms with Crippen molar-refractivity contribution in [3.8, 4) is 0 Å². The first-order valence-corrected chi connectivity index (χ1v) is 3.38. The van der Waals surface area contributed by atoms with Gasteiger partial charge in [0.1, 0.15) is 0 Å². The number of nitrogen functional groups attached to an aromatic ring is 1. The highest BCUT2D eigenvalue weighted by Gasteiger charge is 2.08. The Labute approximate surface area is 71.5 Å². The second-order valence-electron chi connectivity index (χ2n) is 2.32. The van der Waals surface area contributed by atoms with Gasteiger partial charge in [-0.25, -0.2) is 9.97 Å². The van der Waals surface area contributed by atoms with Crippen molar-refractivity contribution < 1.29 is 5.21 Å². The van der Waals surface area contributed by atoms with E-state index in [1.807, 2.05) is 0 Å². The van der Waals surface area contributed by atoms with Crippen LogP contribution in [-0.4, -0.2) is 24.9 Å². The van der Waals surface area contributed by atoms with E-state index in [1.165, 1.54) is 12.4 Å². The van der Waals surface area contributed by atoms with Crippen LogP contribution in [0.2, 0.25) is 0 Å². The number of aromatic nitrogens is 4. The first-order valence-electron chi connectivity index (χ1n) is 3.38. The molecule has 0 amide bonds. The Balaban J connectivity index is 3.06. The van der Waals surface area contributed by atoms with Gasteiger partial charge in [0.05, 0.1) is 0 Å². The van der Waals surface area contributed by atoms with Gasteiger partial charge in [-0.15, -0.1) is 4.73 Å². The minimum Gasteiger partial charge on any atom is -0.423 e. The predicted octanol–water partition coefficient (Wildman–Crippen LogP) is -0.994. The van der Waals surface area contributed by atoms with Crippen LogP contribution < -0.4 is 11.3 Å². The zero-order valence-electron chi connectivity index (χ0n) is 6.38. The number of hydrogen-bond acceptors (Lipinski definition) is 6. The Morgan fingerprint density at radius 3 is 2.85 bits per heavy atom. The molecule has 7 nitrogen and oxygen atoms in total. The van der Waals surface area contributed by atoms with Crippen molar-refractivity contribution in [3.05, 3.63) is 22.7 Å². The van der Waals surface area contributed by atoms with Crippen LogP contribution in [0, 0.1) is 0 Å². The lowest BCUT2D eigenvalue weighted by atomic mass is 10.5. The van der Waals surface area contributed by atoms with E-state index in [1.54, 1.807) is 0 Å². The summed E-state index contributed by atoms with van der Waals surface area (Å²) in [6.07, 6.45) is 2.68. The van der Waals surface area contributed by atoms with Gasteiger partial charge in [0.15, 0.2) is 5.52 Å². The molecule has 0 fully saturated rings. The van der Waals surface area contributed by atoms with Crippen molar-refractivity contribution in [2.75, 3.05) is 5.73 Å². The van der Waals surface area contributed by atoms with Gasteiger partial charge in [0, 0.05) is 12.4 Å². The van der Waals surface area contributed by atoms with Crippen LogP contribution in [0.25, 0.3) is 11.2 Å². The van der Waals surface area contributed by atoms with Crippen molar-refractivity contribution in [3.63, 3.8) is 0 Å². The molecule has 2 heterocycles. The summed E-state index contributed by atoms with van der Waals surface area (Å²) in [5.74, 6) is -0.307. The largest absolute Gasteiger partial charge is 0.423 e. The molecule has 2 aromatic heterocycles. The van der Waals surface area contributed by atoms with Crippen molar-refractivity contribution in [2.24, 2.45) is 0 Å². The maximum atomic E-state index is 11.1. The van der Waals surface area contributed by atoms with Crippen molar-refractivity contribution in [1.82, 2.24) is 19.7 Å². The second kappa shape index (κ2) is 2.41. The number of rotatable bonds is 0. The fourth-order valence-corrected chi connectivity index (χ4v) is 0.949. The molecule has 0 aliphatic heterocycles. The zero-order chi connectivity index (χ0) is 9.42. The zero-order valence-corrected chi connectivity index (χ0v) is 6.38. The quantitative estimate of drug-likeness (QED) is 0.502. The molecule has 66 valence electrons. The van der Waals surface area contributed by atoms with Crippen LogP contribution in [0.5, 0.6) is 0 Å². The van der Waals surface area contributed by atoms with Gasteiger partial charge in [-0.3, -0.25) is 4.79 Å². The molecule has 0 spiro atoms. The summed E-state index contributed by atoms with van der Waals surface area (Å²) in [6, 6.07) is 0. The fourth-order valence-electron chi connectivity index (χ4n) is 0.949. The van der Waals surface area contributed by atoms with Gasteiger partial charge in [-0.2, -0.15) is 4.98 Å². The third-order valence-corrected chi connectivity index (χ3v) is 1.52. The van der Waals surface area contributed by atoms with Crippen molar-refractivity contribution >= 4 is 17.1 Å². The monoisotopic (exact) mass is 179 g/mol. The van der Waals surface area contributed by atoms with Gasteiger partial charge in [0.2, 0.25) is 11.6 Å². The molecule has 7 heteroatoms. The molecule has 0 unspecified atom stereocenters. The molecule has 0 aliphatic rings. The van der Waals surface area contributed by atoms with Gasteiger partial charge in [-0.05, 0) is 0 Å². The Morgan fingerprint density at radius 1 is 1.38 bits per heavy atom. The molecule has 3 N–H and O–H groups in total. The smallest absolute Gasteiger partial charge is 0.302 e. The van der Waals surface area contributed by atoms with E-state index < -0.39 is 5.56 Å². The Hall–Kier alpha value is -2.18. The summed E-state index contributed by atoms with van der Waals surface area (Å²) >= 11 is 0. The predicted molar refractivity (Wildman–Crippen MR) is 43.2 cm³/mol. The molecule has 0 bridgehead atoms. The lowest BCUT2D eigenvalue weighted by molar-refractivity contribution is 0.199. The molecule has 2 rings (SSSR count). The summed E-state index contributed by atoms with van der Waals surface area (Å²) < 4.78 is 0.518. The highest BCUT2D eigenvalue weighted by Crippen LogP contribution is 2.02. The second-order valence-corrected chi connectivity index (χ2v) is 2.32. The normalized spacial score (nSPS) is 10.5. The first-order chi connectivity index (χ1) is 6.20. The minimum absolute atomic E-state index is 0.000000000000000222. The standard InChI is InChI=1S/C6H5N5O2/c7-6-10-5(12)3-4(11(6)13)9-2-1-8-3/h1-2,13H,(H2,7,10,12). The van der Waals surface area contributed by atoms with E-state index in [0.29, 0.717) is 4.73 Å². The average molecular weight is 179 g/mol. The van der Waals surface area contributed by atoms with Gasteiger partial charge < -0.3 is 10.9 Å². The van der Waals surface area contributed by atoms with Crippen LogP contribution in [-0.2, 0) is 0 Å². The van der Waals surface area contributed by atoms with E-state index in [4.69, 9.17) is 5.73 Å². The van der Waals surface area contributed by atoms with E-state index in [-0.39, 0.29) is 17.1 Å². The average Bonchev–Trinajstić information content (AvgIpc) is 2.15. The number of anilines is 1. The van der Waals surface area contributed by atoms with Crippen LogP contribution in [0.3, 0.4) is 0 Å². The Morgan fingerprint density at radius 2 is 2.08 bits per heavy atom. The lowest BCUT2D eigenvalue weighted by Crippen LogP contribution is -2.18. The van der Waals surface area contributed by atoms with Crippen molar-refractivity contribution in [1.29, 1.82) is 0 Å². The fraction of sp³-hybridized carbons (Fsp3) is 0. The van der Waals surface area contributed by atoms with Crippen LogP contribution >= 0.6 is 0 Å². The van der Waals surface area contributed by atoms with Crippen molar-refractivity contribution in [2.45, 2.75) is 0 Å². The van der Waals surface area contributed by atoms with Gasteiger partial charge in [-0.1, -0.05) is 0 Å². The maximum absolute atomic E-state index is 11.1. The third-order valence-electron chi connectivity index (χ3n) is 1.52. The molecule has 13 heavy (non-hydrogen) atoms. The SMILES string of the molecule is Nc1nc(=O)c2nccnc2n1O. The molecule has 0 aromatic carbocycles. The van der Waals surface area contributed by atoms with E-state index in [2.05, 4.69) is 15.0 Å². The topological polar surface area (TPSA) is 107 Å². The highest BCUT2D eigenvalue weighted by atomic mass is 16.5. The molecule has 0 saturated heterocycles. The Kier molecular flexibility index (Phi) is 1.38. The molecular formula is C6H5N5O2. The van der Waals surface area contributed by atoms with E-state index in [0.717, 1.165) is 0 Å². The van der Waals surface area contributed by atoms with Crippen LogP contribution in [0.1, 0.15) is 0 Å². The molecule has 2 aromatic rings. The third kappa shape index (κ3) is 0.975. The lowest BCUT2D eigenvalue weighted by Gasteiger charge is -2.02. The number of hydrogen-bond donors (Lipinski definition) is 2. The Bertz CT molecular complexity index is 520. The number of nitrogens with zero attached hydrogens (tertiary/aromatic N) is 4. The molecular weight excluding hydrogens is 174 g/mol. The number of nitrogens with two attached hydrogens (primary N) is 1. The number of fused-ring (bicyclic) bond motifs is 1. The first kappa shape index (κ1) is 7.47. The van der Waals surface area contributed by atoms with E-state index >= 15 is 0 Å². The highest BCUT2D eigenvalue weighted by molar-refractivity contribution is 5.69. The molecule has 0 radical (unpaired) electrons. The van der Waals surface area contributed by atoms with Crippen LogP contribution in [0.4, 0.5) is 5.95 Å². The maximum Gasteiger partial charge on any atom is 0.302 e. The summed E-state index contributed by atoms with van der Waals surface area (Å²) in [6.45, 7) is 0. The summed E-state index contributed by atoms with van der Waals surface area (Å²) in [5, 5.41) is 9.27. The van der Waals surface area contributed by atoms with E-state index in [9.17, 15) is 10.0 Å². The molecule has 0 saturated carbocycles. The van der Waals surface area contributed by atoms with Gasteiger partial charge in [0.25, 0.3) is 0 Å². The van der Waals surface area contributed by atoms with Gasteiger partial charge >= 0.3 is 5.56 Å². The summed E-state index contributed by atoms with van der Waals surface area (Å²) in [5.41, 5.74) is 4.60. The molecule has 0 aliphatic carbocycles. The molecule has 0 atom stereocenters. The van der Waals surface area contributed by atoms with Crippen LogP contribution in [0.15, 0.2) is 17.2 Å². The summed E-state index contributed by atoms with van der Waals surface area (Å²) in [4.78, 5) is 21.9.